The molecule has 0 fully saturated rings. The van der Waals surface area contributed by atoms with Crippen molar-refractivity contribution < 1.29 is 18.7 Å². The zero-order valence-corrected chi connectivity index (χ0v) is 18.3. The first-order valence-electron chi connectivity index (χ1n) is 10.0. The summed E-state index contributed by atoms with van der Waals surface area (Å²) < 4.78 is 18.9. The van der Waals surface area contributed by atoms with Crippen LogP contribution in [0.25, 0.3) is 0 Å². The molecule has 8 heteroatoms. The van der Waals surface area contributed by atoms with Crippen LogP contribution in [0.3, 0.4) is 0 Å². The van der Waals surface area contributed by atoms with Crippen LogP contribution in [0.5, 0.6) is 5.75 Å². The van der Waals surface area contributed by atoms with Crippen molar-refractivity contribution in [2.45, 2.75) is 26.1 Å². The number of ether oxygens (including phenoxy) is 1. The van der Waals surface area contributed by atoms with Crippen molar-refractivity contribution in [3.63, 3.8) is 0 Å². The standard InChI is InChI=1S/C24H23ClFN3O3/c1-17(24(31)28-14-20-6-4-5-13-27-20)29(15-18-9-11-19(26)12-10-18)23(30)16-32-22-8-3-2-7-21(22)25/h2-13,17H,14-16H2,1H3,(H,28,31)/t17-/m1/s1. The van der Waals surface area contributed by atoms with E-state index in [4.69, 9.17) is 16.3 Å². The number of amides is 2. The number of pyridine rings is 1. The second kappa shape index (κ2) is 11.2. The Labute approximate surface area is 191 Å². The fraction of sp³-hybridized carbons (Fsp3) is 0.208. The molecular formula is C24H23ClFN3O3. The third-order valence-corrected chi connectivity index (χ3v) is 5.10. The molecule has 0 bridgehead atoms. The van der Waals surface area contributed by atoms with E-state index in [1.807, 2.05) is 6.07 Å². The van der Waals surface area contributed by atoms with Gasteiger partial charge < -0.3 is 15.0 Å². The maximum Gasteiger partial charge on any atom is 0.261 e. The summed E-state index contributed by atoms with van der Waals surface area (Å²) >= 11 is 6.09. The minimum atomic E-state index is -0.800. The molecule has 3 aromatic rings. The van der Waals surface area contributed by atoms with Gasteiger partial charge in [-0.2, -0.15) is 0 Å². The van der Waals surface area contributed by atoms with Crippen molar-refractivity contribution in [1.29, 1.82) is 0 Å². The molecule has 0 saturated heterocycles. The van der Waals surface area contributed by atoms with E-state index in [-0.39, 0.29) is 31.4 Å². The van der Waals surface area contributed by atoms with Gasteiger partial charge in [0.15, 0.2) is 6.61 Å². The molecule has 1 aromatic heterocycles. The normalized spacial score (nSPS) is 11.5. The van der Waals surface area contributed by atoms with Crippen LogP contribution < -0.4 is 10.1 Å². The fourth-order valence-electron chi connectivity index (χ4n) is 2.98. The summed E-state index contributed by atoms with van der Waals surface area (Å²) in [6.07, 6.45) is 1.64. The molecule has 0 aliphatic rings. The highest BCUT2D eigenvalue weighted by molar-refractivity contribution is 6.32. The first-order chi connectivity index (χ1) is 15.4. The zero-order valence-electron chi connectivity index (χ0n) is 17.5. The lowest BCUT2D eigenvalue weighted by Crippen LogP contribution is -2.48. The Morgan fingerprint density at radius 3 is 2.50 bits per heavy atom. The minimum Gasteiger partial charge on any atom is -0.482 e. The van der Waals surface area contributed by atoms with Crippen LogP contribution in [0.4, 0.5) is 4.39 Å². The number of nitrogens with zero attached hydrogens (tertiary/aromatic N) is 2. The monoisotopic (exact) mass is 455 g/mol. The second-order valence-corrected chi connectivity index (χ2v) is 7.49. The lowest BCUT2D eigenvalue weighted by molar-refractivity contribution is -0.142. The molecule has 0 aliphatic carbocycles. The van der Waals surface area contributed by atoms with Gasteiger partial charge in [-0.05, 0) is 48.9 Å². The quantitative estimate of drug-likeness (QED) is 0.529. The van der Waals surface area contributed by atoms with Gasteiger partial charge >= 0.3 is 0 Å². The number of para-hydroxylation sites is 1. The van der Waals surface area contributed by atoms with Gasteiger partial charge in [0.05, 0.1) is 17.3 Å². The molecular weight excluding hydrogens is 433 g/mol. The first-order valence-corrected chi connectivity index (χ1v) is 10.4. The smallest absolute Gasteiger partial charge is 0.261 e. The van der Waals surface area contributed by atoms with Gasteiger partial charge in [-0.25, -0.2) is 4.39 Å². The zero-order chi connectivity index (χ0) is 22.9. The molecule has 6 nitrogen and oxygen atoms in total. The topological polar surface area (TPSA) is 71.5 Å². The van der Waals surface area contributed by atoms with E-state index in [2.05, 4.69) is 10.3 Å². The highest BCUT2D eigenvalue weighted by Crippen LogP contribution is 2.23. The number of nitrogens with one attached hydrogen (secondary N) is 1. The van der Waals surface area contributed by atoms with Crippen LogP contribution in [-0.2, 0) is 22.7 Å². The molecule has 2 amide bonds. The van der Waals surface area contributed by atoms with Crippen LogP contribution in [0, 0.1) is 5.82 Å². The molecule has 0 spiro atoms. The summed E-state index contributed by atoms with van der Waals surface area (Å²) in [5.74, 6) is -0.759. The summed E-state index contributed by atoms with van der Waals surface area (Å²) in [6.45, 7) is 1.68. The maximum atomic E-state index is 13.3. The van der Waals surface area contributed by atoms with E-state index in [1.54, 1.807) is 61.7 Å². The van der Waals surface area contributed by atoms with Gasteiger partial charge in [-0.1, -0.05) is 41.9 Å². The molecule has 3 rings (SSSR count). The number of halogens is 2. The lowest BCUT2D eigenvalue weighted by Gasteiger charge is -2.28. The van der Waals surface area contributed by atoms with Crippen LogP contribution in [-0.4, -0.2) is 34.3 Å². The fourth-order valence-corrected chi connectivity index (χ4v) is 3.17. The van der Waals surface area contributed by atoms with E-state index in [0.717, 1.165) is 0 Å². The third-order valence-electron chi connectivity index (χ3n) is 4.79. The second-order valence-electron chi connectivity index (χ2n) is 7.08. The van der Waals surface area contributed by atoms with E-state index in [9.17, 15) is 14.0 Å². The number of carbonyl (C=O) groups is 2. The summed E-state index contributed by atoms with van der Waals surface area (Å²) in [7, 11) is 0. The molecule has 166 valence electrons. The predicted molar refractivity (Wildman–Crippen MR) is 119 cm³/mol. The average molecular weight is 456 g/mol. The lowest BCUT2D eigenvalue weighted by atomic mass is 10.1. The molecule has 2 aromatic carbocycles. The van der Waals surface area contributed by atoms with Crippen molar-refractivity contribution >= 4 is 23.4 Å². The number of aromatic nitrogens is 1. The molecule has 1 heterocycles. The Hall–Kier alpha value is -3.45. The Bertz CT molecular complexity index is 1050. The van der Waals surface area contributed by atoms with Gasteiger partial charge in [0.2, 0.25) is 5.91 Å². The van der Waals surface area contributed by atoms with Crippen LogP contribution in [0.1, 0.15) is 18.2 Å². The molecule has 1 N–H and O–H groups in total. The number of hydrogen-bond acceptors (Lipinski definition) is 4. The molecule has 32 heavy (non-hydrogen) atoms. The Balaban J connectivity index is 1.71. The van der Waals surface area contributed by atoms with Gasteiger partial charge in [0.1, 0.15) is 17.6 Å². The number of rotatable bonds is 9. The first kappa shape index (κ1) is 23.2. The molecule has 0 saturated carbocycles. The molecule has 0 radical (unpaired) electrons. The predicted octanol–water partition coefficient (Wildman–Crippen LogP) is 3.99. The van der Waals surface area contributed by atoms with Crippen molar-refractivity contribution in [1.82, 2.24) is 15.2 Å². The van der Waals surface area contributed by atoms with Gasteiger partial charge in [-0.15, -0.1) is 0 Å². The largest absolute Gasteiger partial charge is 0.482 e. The summed E-state index contributed by atoms with van der Waals surface area (Å²) in [4.78, 5) is 31.4. The highest BCUT2D eigenvalue weighted by Gasteiger charge is 2.26. The Morgan fingerprint density at radius 1 is 1.09 bits per heavy atom. The summed E-state index contributed by atoms with van der Waals surface area (Å²) in [5.41, 5.74) is 1.38. The van der Waals surface area contributed by atoms with Crippen molar-refractivity contribution in [2.75, 3.05) is 6.61 Å². The molecule has 0 unspecified atom stereocenters. The third kappa shape index (κ3) is 6.52. The number of benzene rings is 2. The van der Waals surface area contributed by atoms with Gasteiger partial charge in [0.25, 0.3) is 5.91 Å². The number of hydrogen-bond donors (Lipinski definition) is 1. The molecule has 0 aliphatic heterocycles. The highest BCUT2D eigenvalue weighted by atomic mass is 35.5. The van der Waals surface area contributed by atoms with Crippen LogP contribution >= 0.6 is 11.6 Å². The summed E-state index contributed by atoms with van der Waals surface area (Å²) in [6, 6.07) is 17.2. The average Bonchev–Trinajstić information content (AvgIpc) is 2.81. The van der Waals surface area contributed by atoms with Crippen molar-refractivity contribution in [3.8, 4) is 5.75 Å². The van der Waals surface area contributed by atoms with Gasteiger partial charge in [-0.3, -0.25) is 14.6 Å². The summed E-state index contributed by atoms with van der Waals surface area (Å²) in [5, 5.41) is 3.18. The Morgan fingerprint density at radius 2 is 1.81 bits per heavy atom. The van der Waals surface area contributed by atoms with Crippen LogP contribution in [0.2, 0.25) is 5.02 Å². The van der Waals surface area contributed by atoms with Gasteiger partial charge in [0, 0.05) is 12.7 Å². The number of carbonyl (C=O) groups excluding carboxylic acids is 2. The van der Waals surface area contributed by atoms with Crippen molar-refractivity contribution in [2.24, 2.45) is 0 Å². The minimum absolute atomic E-state index is 0.114. The van der Waals surface area contributed by atoms with Crippen molar-refractivity contribution in [3.05, 3.63) is 95.0 Å². The maximum absolute atomic E-state index is 13.3. The molecule has 1 atom stereocenters. The SMILES string of the molecule is C[C@H](C(=O)NCc1ccccn1)N(Cc1ccc(F)cc1)C(=O)COc1ccccc1Cl. The Kier molecular flexibility index (Phi) is 8.16. The van der Waals surface area contributed by atoms with E-state index in [0.29, 0.717) is 22.0 Å². The van der Waals surface area contributed by atoms with E-state index >= 15 is 0 Å². The van der Waals surface area contributed by atoms with E-state index in [1.165, 1.54) is 17.0 Å². The van der Waals surface area contributed by atoms with E-state index < -0.39 is 11.9 Å². The van der Waals surface area contributed by atoms with Crippen LogP contribution in [0.15, 0.2) is 72.9 Å².